The van der Waals surface area contributed by atoms with Crippen LogP contribution >= 0.6 is 0 Å². The Morgan fingerprint density at radius 3 is 0.875 bits per heavy atom. The number of hydrogen-bond acceptors (Lipinski definition) is 8. The molecule has 0 bridgehead atoms. The summed E-state index contributed by atoms with van der Waals surface area (Å²) in [5.74, 6) is 0.550. The summed E-state index contributed by atoms with van der Waals surface area (Å²) in [6.45, 7) is 17.8. The molecule has 6 N–H and O–H groups in total. The third-order valence-corrected chi connectivity index (χ3v) is 10.9. The van der Waals surface area contributed by atoms with E-state index in [0.717, 1.165) is 117 Å². The van der Waals surface area contributed by atoms with E-state index in [1.807, 2.05) is 0 Å². The van der Waals surface area contributed by atoms with Gasteiger partial charge in [0.1, 0.15) is 0 Å². The average molecular weight is 727 g/mol. The van der Waals surface area contributed by atoms with Crippen molar-refractivity contribution in [1.82, 2.24) is 30.7 Å². The van der Waals surface area contributed by atoms with Gasteiger partial charge in [0, 0.05) is 13.1 Å². The molecular weight excluding hydrogens is 645 g/mol. The Morgan fingerprint density at radius 1 is 0.292 bits per heavy atom. The fourth-order valence-electron chi connectivity index (χ4n) is 5.06. The van der Waals surface area contributed by atoms with Gasteiger partial charge in [-0.1, -0.05) is 105 Å². The van der Waals surface area contributed by atoms with Gasteiger partial charge in [-0.15, -0.1) is 0 Å². The van der Waals surface area contributed by atoms with Gasteiger partial charge in [0.2, 0.25) is 20.0 Å². The highest BCUT2D eigenvalue weighted by Gasteiger charge is 2.09. The zero-order chi connectivity index (χ0) is 35.9. The van der Waals surface area contributed by atoms with Crippen LogP contribution in [0, 0.1) is 0 Å². The van der Waals surface area contributed by atoms with Crippen molar-refractivity contribution in [3.63, 3.8) is 0 Å². The monoisotopic (exact) mass is 727 g/mol. The second kappa shape index (κ2) is 39.4. The Bertz CT molecular complexity index is 764. The van der Waals surface area contributed by atoms with Crippen LogP contribution in [0.4, 0.5) is 0 Å². The first-order valence-electron chi connectivity index (χ1n) is 20.0. The molecule has 10 nitrogen and oxygen atoms in total. The van der Waals surface area contributed by atoms with Crippen LogP contribution in [0.1, 0.15) is 156 Å². The molecule has 0 aromatic rings. The number of sulfonamides is 2. The smallest absolute Gasteiger partial charge is 0.211 e. The van der Waals surface area contributed by atoms with E-state index < -0.39 is 20.0 Å². The maximum absolute atomic E-state index is 11.9. The Labute approximate surface area is 299 Å². The zero-order valence-electron chi connectivity index (χ0n) is 32.1. The zero-order valence-corrected chi connectivity index (χ0v) is 33.7. The van der Waals surface area contributed by atoms with Crippen LogP contribution in [0.15, 0.2) is 0 Å². The minimum absolute atomic E-state index is 0.275. The summed E-state index contributed by atoms with van der Waals surface area (Å²) in [5.41, 5.74) is 0. The summed E-state index contributed by atoms with van der Waals surface area (Å²) in [5, 5.41) is 13.4. The molecule has 0 aliphatic heterocycles. The fraction of sp³-hybridized carbons (Fsp3) is 1.00. The van der Waals surface area contributed by atoms with Gasteiger partial charge in [-0.25, -0.2) is 26.3 Å². The van der Waals surface area contributed by atoms with Crippen molar-refractivity contribution in [2.75, 3.05) is 77.0 Å². The topological polar surface area (TPSA) is 140 Å². The summed E-state index contributed by atoms with van der Waals surface area (Å²) in [6.07, 6.45) is 22.3. The van der Waals surface area contributed by atoms with Gasteiger partial charge in [-0.3, -0.25) is 0 Å². The molecule has 0 radical (unpaired) electrons. The Balaban J connectivity index is 0. The molecule has 0 unspecified atom stereocenters. The summed E-state index contributed by atoms with van der Waals surface area (Å²) in [4.78, 5) is 0. The fourth-order valence-corrected chi connectivity index (χ4v) is 7.42. The molecule has 48 heavy (non-hydrogen) atoms. The van der Waals surface area contributed by atoms with E-state index in [-0.39, 0.29) is 11.5 Å². The molecule has 0 aliphatic carbocycles. The van der Waals surface area contributed by atoms with E-state index in [1.54, 1.807) is 0 Å². The lowest BCUT2D eigenvalue weighted by atomic mass is 10.1. The van der Waals surface area contributed by atoms with Gasteiger partial charge in [0.15, 0.2) is 0 Å². The van der Waals surface area contributed by atoms with Crippen LogP contribution in [0.5, 0.6) is 0 Å². The van der Waals surface area contributed by atoms with E-state index in [0.29, 0.717) is 13.1 Å². The van der Waals surface area contributed by atoms with Gasteiger partial charge < -0.3 is 21.3 Å². The van der Waals surface area contributed by atoms with Crippen LogP contribution in [0.25, 0.3) is 0 Å². The van der Waals surface area contributed by atoms with Gasteiger partial charge in [0.25, 0.3) is 0 Å². The molecule has 0 atom stereocenters. The largest absolute Gasteiger partial charge is 0.317 e. The first-order valence-corrected chi connectivity index (χ1v) is 23.3. The molecule has 0 amide bonds. The maximum Gasteiger partial charge on any atom is 0.211 e. The van der Waals surface area contributed by atoms with Crippen molar-refractivity contribution >= 4 is 20.0 Å². The SMILES string of the molecule is CCCCCCCCCS(=O)(=O)NCCCNCCCNCCC.CCCCCCCCCS(=O)(=O)NCCCNCCCNCCC. The van der Waals surface area contributed by atoms with Crippen molar-refractivity contribution < 1.29 is 16.8 Å². The van der Waals surface area contributed by atoms with E-state index in [9.17, 15) is 16.8 Å². The maximum atomic E-state index is 11.9. The molecular formula is C36H82N6O4S2. The lowest BCUT2D eigenvalue weighted by molar-refractivity contribution is 0.557. The first kappa shape index (κ1) is 49.8. The second-order valence-corrected chi connectivity index (χ2v) is 16.9. The predicted octanol–water partition coefficient (Wildman–Crippen LogP) is 6.05. The van der Waals surface area contributed by atoms with Gasteiger partial charge in [-0.05, 0) is 104 Å². The summed E-state index contributed by atoms with van der Waals surface area (Å²) in [6, 6.07) is 0. The Hall–Kier alpha value is -0.340. The Kier molecular flexibility index (Phi) is 40.9. The molecule has 0 heterocycles. The molecule has 0 fully saturated rings. The quantitative estimate of drug-likeness (QED) is 0.0423. The lowest BCUT2D eigenvalue weighted by Gasteiger charge is -2.08. The van der Waals surface area contributed by atoms with Crippen molar-refractivity contribution in [2.45, 2.75) is 156 Å². The minimum Gasteiger partial charge on any atom is -0.317 e. The van der Waals surface area contributed by atoms with Crippen LogP contribution in [-0.4, -0.2) is 93.8 Å². The highest BCUT2D eigenvalue weighted by atomic mass is 32.2. The number of unbranched alkanes of at least 4 members (excludes halogenated alkanes) is 12. The van der Waals surface area contributed by atoms with Crippen molar-refractivity contribution in [1.29, 1.82) is 0 Å². The van der Waals surface area contributed by atoms with Crippen LogP contribution < -0.4 is 30.7 Å². The van der Waals surface area contributed by atoms with Crippen molar-refractivity contribution in [3.05, 3.63) is 0 Å². The summed E-state index contributed by atoms with van der Waals surface area (Å²) < 4.78 is 52.9. The van der Waals surface area contributed by atoms with E-state index >= 15 is 0 Å². The molecule has 292 valence electrons. The third-order valence-electron chi connectivity index (χ3n) is 8.01. The van der Waals surface area contributed by atoms with Crippen LogP contribution in [0.3, 0.4) is 0 Å². The van der Waals surface area contributed by atoms with Gasteiger partial charge >= 0.3 is 0 Å². The Morgan fingerprint density at radius 2 is 0.562 bits per heavy atom. The molecule has 0 aromatic heterocycles. The normalized spacial score (nSPS) is 11.9. The molecule has 0 spiro atoms. The number of nitrogens with one attached hydrogen (secondary N) is 6. The molecule has 0 aliphatic rings. The molecule has 0 aromatic carbocycles. The highest BCUT2D eigenvalue weighted by molar-refractivity contribution is 7.89. The van der Waals surface area contributed by atoms with E-state index in [1.165, 1.54) is 64.2 Å². The summed E-state index contributed by atoms with van der Waals surface area (Å²) >= 11 is 0. The van der Waals surface area contributed by atoms with Crippen LogP contribution in [-0.2, 0) is 20.0 Å². The highest BCUT2D eigenvalue weighted by Crippen LogP contribution is 2.08. The first-order chi connectivity index (χ1) is 23.2. The van der Waals surface area contributed by atoms with E-state index in [4.69, 9.17) is 0 Å². The molecule has 0 rings (SSSR count). The summed E-state index contributed by atoms with van der Waals surface area (Å²) in [7, 11) is -6.15. The van der Waals surface area contributed by atoms with E-state index in [2.05, 4.69) is 58.4 Å². The molecule has 0 saturated heterocycles. The van der Waals surface area contributed by atoms with Gasteiger partial charge in [-0.2, -0.15) is 0 Å². The minimum atomic E-state index is -3.07. The third kappa shape index (κ3) is 43.7. The second-order valence-electron chi connectivity index (χ2n) is 13.1. The van der Waals surface area contributed by atoms with Crippen molar-refractivity contribution in [3.8, 4) is 0 Å². The van der Waals surface area contributed by atoms with Crippen molar-refractivity contribution in [2.24, 2.45) is 0 Å². The number of rotatable bonds is 38. The van der Waals surface area contributed by atoms with Gasteiger partial charge in [0.05, 0.1) is 11.5 Å². The average Bonchev–Trinajstić information content (AvgIpc) is 3.06. The lowest BCUT2D eigenvalue weighted by Crippen LogP contribution is -2.30. The predicted molar refractivity (Wildman–Crippen MR) is 210 cm³/mol. The number of hydrogen-bond donors (Lipinski definition) is 6. The van der Waals surface area contributed by atoms with Crippen LogP contribution in [0.2, 0.25) is 0 Å². The molecule has 0 saturated carbocycles. The standard InChI is InChI=1S/2C18H41N3O2S/c2*1-3-5-6-7-8-9-10-18-24(22,23)21-17-12-16-20-15-11-14-19-13-4-2/h2*19-21H,3-18H2,1-2H3. The molecule has 12 heteroatoms.